The van der Waals surface area contributed by atoms with Crippen molar-refractivity contribution in [1.82, 2.24) is 10.2 Å². The molecule has 1 fully saturated rings. The summed E-state index contributed by atoms with van der Waals surface area (Å²) in [5.41, 5.74) is -0.260. The molecule has 0 radical (unpaired) electrons. The maximum atomic E-state index is 12.8. The molecular formula is C22H24F3N3O2. The van der Waals surface area contributed by atoms with E-state index >= 15 is 0 Å². The van der Waals surface area contributed by atoms with Crippen LogP contribution in [0.3, 0.4) is 0 Å². The average molecular weight is 419 g/mol. The molecule has 1 atom stereocenters. The zero-order valence-electron chi connectivity index (χ0n) is 16.6. The number of hydrogen-bond acceptors (Lipinski definition) is 2. The molecule has 2 aromatic rings. The van der Waals surface area contributed by atoms with E-state index < -0.39 is 23.2 Å². The summed E-state index contributed by atoms with van der Waals surface area (Å²) >= 11 is 0. The fraction of sp³-hybridized carbons (Fsp3) is 0.364. The van der Waals surface area contributed by atoms with Crippen molar-refractivity contribution < 1.29 is 22.8 Å². The van der Waals surface area contributed by atoms with E-state index in [4.69, 9.17) is 0 Å². The quantitative estimate of drug-likeness (QED) is 0.776. The lowest BCUT2D eigenvalue weighted by atomic mass is 9.74. The number of hydrogen-bond donors (Lipinski definition) is 2. The van der Waals surface area contributed by atoms with Gasteiger partial charge in [-0.25, -0.2) is 4.79 Å². The lowest BCUT2D eigenvalue weighted by Crippen LogP contribution is -2.54. The molecule has 5 nitrogen and oxygen atoms in total. The van der Waals surface area contributed by atoms with Crippen molar-refractivity contribution in [2.75, 3.05) is 25.5 Å². The van der Waals surface area contributed by atoms with Crippen molar-refractivity contribution in [3.63, 3.8) is 0 Å². The SMILES string of the molecule is CNC(=O)C1(Cc2ccccc2)CCCN(C(=O)Nc2ccc(C(F)(F)F)cc2)C1. The molecule has 8 heteroatoms. The number of likely N-dealkylation sites (tertiary alicyclic amines) is 1. The lowest BCUT2D eigenvalue weighted by Gasteiger charge is -2.41. The Hall–Kier alpha value is -3.03. The molecule has 0 bridgehead atoms. The number of halogens is 3. The molecule has 1 aliphatic heterocycles. The van der Waals surface area contributed by atoms with E-state index in [-0.39, 0.29) is 18.1 Å². The highest BCUT2D eigenvalue weighted by Gasteiger charge is 2.43. The normalized spacial score (nSPS) is 19.3. The number of piperidine rings is 1. The van der Waals surface area contributed by atoms with Crippen LogP contribution in [0.5, 0.6) is 0 Å². The number of amides is 3. The molecule has 0 spiro atoms. The molecule has 0 saturated carbocycles. The second-order valence-electron chi connectivity index (χ2n) is 7.55. The van der Waals surface area contributed by atoms with Gasteiger partial charge in [-0.05, 0) is 49.1 Å². The number of carbonyl (C=O) groups excluding carboxylic acids is 2. The van der Waals surface area contributed by atoms with Crippen LogP contribution < -0.4 is 10.6 Å². The molecule has 1 saturated heterocycles. The smallest absolute Gasteiger partial charge is 0.359 e. The minimum absolute atomic E-state index is 0.126. The predicted octanol–water partition coefficient (Wildman–Crippen LogP) is 4.31. The van der Waals surface area contributed by atoms with Gasteiger partial charge >= 0.3 is 12.2 Å². The number of nitrogens with zero attached hydrogens (tertiary/aromatic N) is 1. The van der Waals surface area contributed by atoms with E-state index in [2.05, 4.69) is 10.6 Å². The van der Waals surface area contributed by atoms with Crippen LogP contribution >= 0.6 is 0 Å². The van der Waals surface area contributed by atoms with Gasteiger partial charge < -0.3 is 15.5 Å². The Labute approximate surface area is 173 Å². The number of alkyl halides is 3. The van der Waals surface area contributed by atoms with Crippen LogP contribution in [0.1, 0.15) is 24.0 Å². The minimum atomic E-state index is -4.43. The van der Waals surface area contributed by atoms with Crippen LogP contribution in [0.25, 0.3) is 0 Å². The average Bonchev–Trinajstić information content (AvgIpc) is 2.73. The van der Waals surface area contributed by atoms with Crippen LogP contribution in [0.15, 0.2) is 54.6 Å². The number of benzene rings is 2. The van der Waals surface area contributed by atoms with E-state index in [9.17, 15) is 22.8 Å². The third-order valence-electron chi connectivity index (χ3n) is 5.42. The van der Waals surface area contributed by atoms with Gasteiger partial charge in [0.15, 0.2) is 0 Å². The highest BCUT2D eigenvalue weighted by molar-refractivity contribution is 5.90. The van der Waals surface area contributed by atoms with E-state index in [1.54, 1.807) is 11.9 Å². The van der Waals surface area contributed by atoms with Crippen molar-refractivity contribution in [3.8, 4) is 0 Å². The fourth-order valence-corrected chi connectivity index (χ4v) is 3.91. The molecule has 3 amide bonds. The Bertz CT molecular complexity index is 885. The van der Waals surface area contributed by atoms with E-state index in [1.165, 1.54) is 12.1 Å². The van der Waals surface area contributed by atoms with E-state index in [0.29, 0.717) is 25.8 Å². The first-order valence-corrected chi connectivity index (χ1v) is 9.73. The van der Waals surface area contributed by atoms with Crippen LogP contribution in [-0.4, -0.2) is 37.0 Å². The predicted molar refractivity (Wildman–Crippen MR) is 108 cm³/mol. The van der Waals surface area contributed by atoms with Gasteiger partial charge in [0.05, 0.1) is 11.0 Å². The Morgan fingerprint density at radius 1 is 1.07 bits per heavy atom. The molecular weight excluding hydrogens is 395 g/mol. The summed E-state index contributed by atoms with van der Waals surface area (Å²) in [6.45, 7) is 0.702. The van der Waals surface area contributed by atoms with Crippen molar-refractivity contribution in [2.24, 2.45) is 5.41 Å². The zero-order valence-corrected chi connectivity index (χ0v) is 16.6. The topological polar surface area (TPSA) is 61.4 Å². The summed E-state index contributed by atoms with van der Waals surface area (Å²) in [4.78, 5) is 27.1. The summed E-state index contributed by atoms with van der Waals surface area (Å²) in [7, 11) is 1.58. The summed E-state index contributed by atoms with van der Waals surface area (Å²) in [6, 6.07) is 13.5. The Balaban J connectivity index is 1.74. The van der Waals surface area contributed by atoms with Crippen molar-refractivity contribution >= 4 is 17.6 Å². The first kappa shape index (κ1) is 21.7. The molecule has 1 unspecified atom stereocenters. The molecule has 1 aliphatic rings. The van der Waals surface area contributed by atoms with Crippen molar-refractivity contribution in [3.05, 3.63) is 65.7 Å². The number of anilines is 1. The maximum absolute atomic E-state index is 12.8. The van der Waals surface area contributed by atoms with Crippen LogP contribution in [0.4, 0.5) is 23.7 Å². The summed E-state index contributed by atoms with van der Waals surface area (Å²) in [5, 5.41) is 5.36. The van der Waals surface area contributed by atoms with Gasteiger partial charge in [0.25, 0.3) is 0 Å². The molecule has 0 aromatic heterocycles. The monoisotopic (exact) mass is 419 g/mol. The zero-order chi connectivity index (χ0) is 21.8. The van der Waals surface area contributed by atoms with Gasteiger partial charge in [-0.2, -0.15) is 13.2 Å². The van der Waals surface area contributed by atoms with Gasteiger partial charge in [-0.3, -0.25) is 4.79 Å². The van der Waals surface area contributed by atoms with Crippen LogP contribution in [-0.2, 0) is 17.4 Å². The third-order valence-corrected chi connectivity index (χ3v) is 5.42. The van der Waals surface area contributed by atoms with Crippen LogP contribution in [0, 0.1) is 5.41 Å². The summed E-state index contributed by atoms with van der Waals surface area (Å²) < 4.78 is 38.1. The molecule has 30 heavy (non-hydrogen) atoms. The van der Waals surface area contributed by atoms with Gasteiger partial charge in [0, 0.05) is 25.8 Å². The first-order valence-electron chi connectivity index (χ1n) is 9.73. The molecule has 3 rings (SSSR count). The van der Waals surface area contributed by atoms with Gasteiger partial charge in [-0.1, -0.05) is 30.3 Å². The standard InChI is InChI=1S/C22H24F3N3O2/c1-26-19(29)21(14-16-6-3-2-4-7-16)12-5-13-28(15-21)20(30)27-18-10-8-17(9-11-18)22(23,24)25/h2-4,6-11H,5,12-15H2,1H3,(H,26,29)(H,27,30). The van der Waals surface area contributed by atoms with E-state index in [1.807, 2.05) is 30.3 Å². The summed E-state index contributed by atoms with van der Waals surface area (Å²) in [5.74, 6) is -0.126. The molecule has 2 N–H and O–H groups in total. The van der Waals surface area contributed by atoms with Crippen molar-refractivity contribution in [2.45, 2.75) is 25.4 Å². The Morgan fingerprint density at radius 3 is 2.33 bits per heavy atom. The Morgan fingerprint density at radius 2 is 1.73 bits per heavy atom. The number of urea groups is 1. The lowest BCUT2D eigenvalue weighted by molar-refractivity contribution is -0.137. The first-order chi connectivity index (χ1) is 14.2. The number of rotatable bonds is 4. The van der Waals surface area contributed by atoms with Crippen LogP contribution in [0.2, 0.25) is 0 Å². The second kappa shape index (κ2) is 8.77. The van der Waals surface area contributed by atoms with Gasteiger partial charge in [0.2, 0.25) is 5.91 Å². The molecule has 160 valence electrons. The highest BCUT2D eigenvalue weighted by atomic mass is 19.4. The number of nitrogens with one attached hydrogen (secondary N) is 2. The largest absolute Gasteiger partial charge is 0.416 e. The van der Waals surface area contributed by atoms with Crippen molar-refractivity contribution in [1.29, 1.82) is 0 Å². The third kappa shape index (κ3) is 4.93. The maximum Gasteiger partial charge on any atom is 0.416 e. The number of carbonyl (C=O) groups is 2. The minimum Gasteiger partial charge on any atom is -0.359 e. The van der Waals surface area contributed by atoms with Gasteiger partial charge in [0.1, 0.15) is 0 Å². The summed E-state index contributed by atoms with van der Waals surface area (Å²) in [6.07, 6.45) is -2.64. The van der Waals surface area contributed by atoms with Gasteiger partial charge in [-0.15, -0.1) is 0 Å². The molecule has 2 aromatic carbocycles. The second-order valence-corrected chi connectivity index (χ2v) is 7.55. The molecule has 1 heterocycles. The fourth-order valence-electron chi connectivity index (χ4n) is 3.91. The van der Waals surface area contributed by atoms with E-state index in [0.717, 1.165) is 17.7 Å². The Kier molecular flexibility index (Phi) is 6.34. The molecule has 0 aliphatic carbocycles. The highest BCUT2D eigenvalue weighted by Crippen LogP contribution is 2.35.